The van der Waals surface area contributed by atoms with E-state index in [1.807, 2.05) is 25.1 Å². The molecule has 0 bridgehead atoms. The maximum atomic E-state index is 11.0. The van der Waals surface area contributed by atoms with Crippen molar-refractivity contribution in [1.82, 2.24) is 0 Å². The van der Waals surface area contributed by atoms with E-state index in [1.165, 1.54) is 18.1 Å². The first-order chi connectivity index (χ1) is 6.02. The van der Waals surface area contributed by atoms with E-state index in [0.717, 1.165) is 5.56 Å². The van der Waals surface area contributed by atoms with E-state index in [-0.39, 0.29) is 5.78 Å². The van der Waals surface area contributed by atoms with Crippen molar-refractivity contribution in [3.8, 4) is 0 Å². The van der Waals surface area contributed by atoms with Gasteiger partial charge < -0.3 is 0 Å². The number of rotatable bonds is 2. The van der Waals surface area contributed by atoms with E-state index in [2.05, 4.69) is 13.5 Å². The lowest BCUT2D eigenvalue weighted by atomic mass is 10.00. The second kappa shape index (κ2) is 3.56. The van der Waals surface area contributed by atoms with Crippen molar-refractivity contribution in [2.45, 2.75) is 20.8 Å². The minimum absolute atomic E-state index is 0.0308. The van der Waals surface area contributed by atoms with E-state index in [0.29, 0.717) is 5.57 Å². The van der Waals surface area contributed by atoms with Crippen LogP contribution in [0.25, 0.3) is 5.57 Å². The molecule has 0 unspecified atom stereocenters. The van der Waals surface area contributed by atoms with Crippen LogP contribution in [-0.4, -0.2) is 5.78 Å². The highest BCUT2D eigenvalue weighted by Gasteiger charge is 2.04. The first kappa shape index (κ1) is 9.72. The maximum Gasteiger partial charge on any atom is 0.159 e. The van der Waals surface area contributed by atoms with Gasteiger partial charge >= 0.3 is 0 Å². The van der Waals surface area contributed by atoms with Gasteiger partial charge in [0, 0.05) is 5.57 Å². The third-order valence-corrected chi connectivity index (χ3v) is 2.28. The van der Waals surface area contributed by atoms with Crippen LogP contribution in [0.15, 0.2) is 24.8 Å². The van der Waals surface area contributed by atoms with Gasteiger partial charge in [0.2, 0.25) is 0 Å². The molecule has 13 heavy (non-hydrogen) atoms. The van der Waals surface area contributed by atoms with Crippen molar-refractivity contribution in [3.63, 3.8) is 0 Å². The summed E-state index contributed by atoms with van der Waals surface area (Å²) >= 11 is 0. The number of carbonyl (C=O) groups excluding carboxylic acids is 1. The molecule has 0 aliphatic rings. The Labute approximate surface area is 79.1 Å². The fourth-order valence-corrected chi connectivity index (χ4v) is 1.13. The SMILES string of the molecule is C=C(C(C)=O)c1ccc(C)c(C)c1. The van der Waals surface area contributed by atoms with Crippen molar-refractivity contribution in [3.05, 3.63) is 41.5 Å². The predicted octanol–water partition coefficient (Wildman–Crippen LogP) is 2.91. The molecule has 0 atom stereocenters. The second-order valence-electron chi connectivity index (χ2n) is 3.33. The summed E-state index contributed by atoms with van der Waals surface area (Å²) in [6, 6.07) is 5.95. The zero-order valence-electron chi connectivity index (χ0n) is 8.35. The topological polar surface area (TPSA) is 17.1 Å². The lowest BCUT2D eigenvalue weighted by Crippen LogP contribution is -1.95. The van der Waals surface area contributed by atoms with E-state index in [9.17, 15) is 4.79 Å². The Bertz CT molecular complexity index is 361. The molecule has 1 aromatic rings. The van der Waals surface area contributed by atoms with Gasteiger partial charge in [0.05, 0.1) is 0 Å². The fourth-order valence-electron chi connectivity index (χ4n) is 1.13. The van der Waals surface area contributed by atoms with E-state index in [4.69, 9.17) is 0 Å². The molecule has 1 heteroatoms. The van der Waals surface area contributed by atoms with Gasteiger partial charge in [-0.2, -0.15) is 0 Å². The van der Waals surface area contributed by atoms with Gasteiger partial charge in [0.25, 0.3) is 0 Å². The zero-order chi connectivity index (χ0) is 10.0. The predicted molar refractivity (Wildman–Crippen MR) is 55.6 cm³/mol. The first-order valence-corrected chi connectivity index (χ1v) is 4.30. The van der Waals surface area contributed by atoms with Crippen LogP contribution < -0.4 is 0 Å². The highest BCUT2D eigenvalue weighted by atomic mass is 16.1. The molecule has 0 heterocycles. The van der Waals surface area contributed by atoms with Crippen LogP contribution >= 0.6 is 0 Å². The maximum absolute atomic E-state index is 11.0. The van der Waals surface area contributed by atoms with Gasteiger partial charge in [0.1, 0.15) is 0 Å². The molecule has 0 N–H and O–H groups in total. The van der Waals surface area contributed by atoms with Crippen molar-refractivity contribution in [1.29, 1.82) is 0 Å². The van der Waals surface area contributed by atoms with Crippen LogP contribution in [0.2, 0.25) is 0 Å². The van der Waals surface area contributed by atoms with Gasteiger partial charge in [0.15, 0.2) is 5.78 Å². The van der Waals surface area contributed by atoms with Gasteiger partial charge in [-0.25, -0.2) is 0 Å². The lowest BCUT2D eigenvalue weighted by Gasteiger charge is -2.05. The number of aryl methyl sites for hydroxylation is 2. The summed E-state index contributed by atoms with van der Waals surface area (Å²) in [7, 11) is 0. The third kappa shape index (κ3) is 2.05. The van der Waals surface area contributed by atoms with E-state index < -0.39 is 0 Å². The molecule has 0 aromatic heterocycles. The number of ketones is 1. The van der Waals surface area contributed by atoms with Gasteiger partial charge in [-0.05, 0) is 37.5 Å². The molecule has 1 nitrogen and oxygen atoms in total. The molecule has 68 valence electrons. The highest BCUT2D eigenvalue weighted by molar-refractivity contribution is 6.18. The Balaban J connectivity index is 3.11. The fraction of sp³-hybridized carbons (Fsp3) is 0.250. The van der Waals surface area contributed by atoms with E-state index in [1.54, 1.807) is 0 Å². The Hall–Kier alpha value is -1.37. The second-order valence-corrected chi connectivity index (χ2v) is 3.33. The highest BCUT2D eigenvalue weighted by Crippen LogP contribution is 2.17. The average molecular weight is 174 g/mol. The Morgan fingerprint density at radius 1 is 1.23 bits per heavy atom. The van der Waals surface area contributed by atoms with Crippen LogP contribution in [0.1, 0.15) is 23.6 Å². The molecule has 0 radical (unpaired) electrons. The summed E-state index contributed by atoms with van der Waals surface area (Å²) in [6.45, 7) is 9.37. The summed E-state index contributed by atoms with van der Waals surface area (Å²) in [4.78, 5) is 11.0. The Kier molecular flexibility index (Phi) is 2.66. The van der Waals surface area contributed by atoms with Gasteiger partial charge in [-0.1, -0.05) is 24.8 Å². The van der Waals surface area contributed by atoms with E-state index >= 15 is 0 Å². The van der Waals surface area contributed by atoms with Crippen LogP contribution in [0.4, 0.5) is 0 Å². The molecule has 1 rings (SSSR count). The molecule has 0 fully saturated rings. The minimum Gasteiger partial charge on any atom is -0.295 e. The Morgan fingerprint density at radius 3 is 2.31 bits per heavy atom. The number of Topliss-reactive ketones (excluding diaryl/α,β-unsaturated/α-hetero) is 1. The monoisotopic (exact) mass is 174 g/mol. The summed E-state index contributed by atoms with van der Waals surface area (Å²) in [6.07, 6.45) is 0. The van der Waals surface area contributed by atoms with Crippen molar-refractivity contribution in [2.24, 2.45) is 0 Å². The normalized spacial score (nSPS) is 9.77. The number of hydrogen-bond acceptors (Lipinski definition) is 1. The first-order valence-electron chi connectivity index (χ1n) is 4.30. The summed E-state index contributed by atoms with van der Waals surface area (Å²) in [5.74, 6) is 0.0308. The number of hydrogen-bond donors (Lipinski definition) is 0. The zero-order valence-corrected chi connectivity index (χ0v) is 8.35. The van der Waals surface area contributed by atoms with Crippen LogP contribution in [-0.2, 0) is 4.79 Å². The van der Waals surface area contributed by atoms with Crippen LogP contribution in [0, 0.1) is 13.8 Å². The standard InChI is InChI=1S/C12H14O/c1-8-5-6-12(7-9(8)2)10(3)11(4)13/h5-7H,3H2,1-2,4H3. The quantitative estimate of drug-likeness (QED) is 0.630. The van der Waals surface area contributed by atoms with Crippen LogP contribution in [0.3, 0.4) is 0 Å². The lowest BCUT2D eigenvalue weighted by molar-refractivity contribution is -0.111. The average Bonchev–Trinajstić information content (AvgIpc) is 2.08. The molecule has 1 aromatic carbocycles. The van der Waals surface area contributed by atoms with Crippen molar-refractivity contribution in [2.75, 3.05) is 0 Å². The molecule has 0 aliphatic heterocycles. The smallest absolute Gasteiger partial charge is 0.159 e. The van der Waals surface area contributed by atoms with Gasteiger partial charge in [-0.3, -0.25) is 4.79 Å². The van der Waals surface area contributed by atoms with Gasteiger partial charge in [-0.15, -0.1) is 0 Å². The molecule has 0 amide bonds. The molecule has 0 aliphatic carbocycles. The molecule has 0 saturated carbocycles. The number of benzene rings is 1. The summed E-state index contributed by atoms with van der Waals surface area (Å²) in [5.41, 5.74) is 3.94. The minimum atomic E-state index is 0.0308. The largest absolute Gasteiger partial charge is 0.295 e. The molecular formula is C12H14O. The number of carbonyl (C=O) groups is 1. The number of allylic oxidation sites excluding steroid dienone is 1. The molecule has 0 saturated heterocycles. The summed E-state index contributed by atoms with van der Waals surface area (Å²) < 4.78 is 0. The molecular weight excluding hydrogens is 160 g/mol. The summed E-state index contributed by atoms with van der Waals surface area (Å²) in [5, 5.41) is 0. The Morgan fingerprint density at radius 2 is 1.85 bits per heavy atom. The van der Waals surface area contributed by atoms with Crippen LogP contribution in [0.5, 0.6) is 0 Å². The third-order valence-electron chi connectivity index (χ3n) is 2.28. The molecule has 0 spiro atoms. The van der Waals surface area contributed by atoms with Crippen molar-refractivity contribution >= 4 is 11.4 Å². The van der Waals surface area contributed by atoms with Crippen molar-refractivity contribution < 1.29 is 4.79 Å².